The molecule has 7 rings (SSSR count). The van der Waals surface area contributed by atoms with E-state index in [9.17, 15) is 19.2 Å². The summed E-state index contributed by atoms with van der Waals surface area (Å²) in [5, 5.41) is 16.0. The molecule has 4 heterocycles. The summed E-state index contributed by atoms with van der Waals surface area (Å²) >= 11 is 0. The van der Waals surface area contributed by atoms with Crippen molar-refractivity contribution in [1.29, 1.82) is 5.26 Å². The third-order valence-electron chi connectivity index (χ3n) is 9.59. The highest BCUT2D eigenvalue weighted by Crippen LogP contribution is 2.43. The molecule has 2 aromatic heterocycles. The number of piperidine rings is 1. The smallest absolute Gasteiger partial charge is 0.269 e. The van der Waals surface area contributed by atoms with Crippen molar-refractivity contribution in [3.8, 4) is 22.9 Å². The van der Waals surface area contributed by atoms with Crippen molar-refractivity contribution in [3.05, 3.63) is 130 Å². The first kappa shape index (κ1) is 32.7. The fourth-order valence-corrected chi connectivity index (χ4v) is 6.84. The highest BCUT2D eigenvalue weighted by molar-refractivity contribution is 6.05. The summed E-state index contributed by atoms with van der Waals surface area (Å²) in [6.45, 7) is 7.52. The lowest BCUT2D eigenvalue weighted by Gasteiger charge is -2.34. The zero-order valence-electron chi connectivity index (χ0n) is 27.4. The standard InChI is InChI=1S/C39H35F2N7O2/c1-22(2)31-18-33(39(50)48(36(31)19-42)29-8-5-26(40)6-9-29)38(49)46-27-7-10-30(34(41)17-27)32-15-25(20-45-37(32)43)24-4-3-23-16-35(23)47(21-24)28-11-13-44-14-12-28/h3-10,15,17-18,20-21,23,28,35,44H,1,11-14,16H2,2H3,(H2,43,45)(H,46,49)/t23?,35-/m1/s1. The number of hydrogen-bond acceptors (Lipinski definition) is 7. The van der Waals surface area contributed by atoms with E-state index in [0.717, 1.165) is 66.3 Å². The first-order valence-electron chi connectivity index (χ1n) is 16.5. The van der Waals surface area contributed by atoms with Gasteiger partial charge in [0.15, 0.2) is 0 Å². The molecule has 1 amide bonds. The van der Waals surface area contributed by atoms with E-state index in [1.165, 1.54) is 30.3 Å². The van der Waals surface area contributed by atoms with Crippen LogP contribution in [0.3, 0.4) is 0 Å². The fourth-order valence-electron chi connectivity index (χ4n) is 6.84. The number of hydrogen-bond donors (Lipinski definition) is 3. The second-order valence-corrected chi connectivity index (χ2v) is 13.0. The molecule has 1 saturated heterocycles. The predicted molar refractivity (Wildman–Crippen MR) is 190 cm³/mol. The van der Waals surface area contributed by atoms with Crippen LogP contribution in [0.4, 0.5) is 20.3 Å². The van der Waals surface area contributed by atoms with Gasteiger partial charge in [0.2, 0.25) is 0 Å². The summed E-state index contributed by atoms with van der Waals surface area (Å²) in [5.74, 6) is -1.33. The average molecular weight is 672 g/mol. The third-order valence-corrected chi connectivity index (χ3v) is 9.59. The largest absolute Gasteiger partial charge is 0.383 e. The minimum absolute atomic E-state index is 0.0552. The van der Waals surface area contributed by atoms with Gasteiger partial charge in [-0.3, -0.25) is 14.2 Å². The maximum Gasteiger partial charge on any atom is 0.269 e. The Morgan fingerprint density at radius 3 is 2.54 bits per heavy atom. The molecular weight excluding hydrogens is 636 g/mol. The third kappa shape index (κ3) is 6.21. The van der Waals surface area contributed by atoms with Gasteiger partial charge in [0.1, 0.15) is 34.8 Å². The molecular formula is C39H35F2N7O2. The molecule has 2 aromatic carbocycles. The van der Waals surface area contributed by atoms with Gasteiger partial charge in [-0.2, -0.15) is 5.26 Å². The van der Waals surface area contributed by atoms with Gasteiger partial charge in [0, 0.05) is 52.4 Å². The van der Waals surface area contributed by atoms with E-state index >= 15 is 4.39 Å². The lowest BCUT2D eigenvalue weighted by molar-refractivity contribution is 0.102. The molecule has 252 valence electrons. The molecule has 3 aliphatic rings. The summed E-state index contributed by atoms with van der Waals surface area (Å²) in [6.07, 6.45) is 11.6. The van der Waals surface area contributed by atoms with Crippen LogP contribution in [0, 0.1) is 28.9 Å². The summed E-state index contributed by atoms with van der Waals surface area (Å²) in [6, 6.07) is 15.2. The van der Waals surface area contributed by atoms with Crippen LogP contribution in [0.15, 0.2) is 90.5 Å². The number of nitrogens with two attached hydrogens (primary N) is 1. The first-order valence-corrected chi connectivity index (χ1v) is 16.5. The van der Waals surface area contributed by atoms with Crippen molar-refractivity contribution in [2.45, 2.75) is 38.3 Å². The molecule has 1 aliphatic carbocycles. The SMILES string of the molecule is C=C(C)c1cc(C(=O)Nc2ccc(-c3cc(C4=CN(C5CCNCC5)[C@@H]5CC5C=C4)cnc3N)c(F)c2)c(=O)n(-c2ccc(F)cc2)c1C#N. The number of allylic oxidation sites excluding steroid dienone is 3. The number of benzene rings is 2. The van der Waals surface area contributed by atoms with Gasteiger partial charge in [-0.1, -0.05) is 18.7 Å². The molecule has 2 aliphatic heterocycles. The quantitative estimate of drug-likeness (QED) is 0.211. The van der Waals surface area contributed by atoms with Crippen LogP contribution in [-0.4, -0.2) is 45.5 Å². The molecule has 0 bridgehead atoms. The molecule has 1 saturated carbocycles. The van der Waals surface area contributed by atoms with E-state index in [-0.39, 0.29) is 39.6 Å². The Kier molecular flexibility index (Phi) is 8.64. The Labute approximate surface area is 288 Å². The van der Waals surface area contributed by atoms with Crippen molar-refractivity contribution in [2.75, 3.05) is 24.1 Å². The Morgan fingerprint density at radius 1 is 1.08 bits per heavy atom. The predicted octanol–water partition coefficient (Wildman–Crippen LogP) is 6.27. The number of amides is 1. The summed E-state index contributed by atoms with van der Waals surface area (Å²) in [5.41, 5.74) is 8.51. The molecule has 11 heteroatoms. The van der Waals surface area contributed by atoms with Crippen molar-refractivity contribution >= 4 is 28.6 Å². The number of aromatic nitrogens is 2. The molecule has 2 atom stereocenters. The first-order chi connectivity index (χ1) is 24.1. The van der Waals surface area contributed by atoms with Crippen LogP contribution < -0.4 is 21.9 Å². The molecule has 50 heavy (non-hydrogen) atoms. The number of carbonyl (C=O) groups excluding carboxylic acids is 1. The van der Waals surface area contributed by atoms with Crippen molar-refractivity contribution < 1.29 is 13.6 Å². The summed E-state index contributed by atoms with van der Waals surface area (Å²) < 4.78 is 30.5. The van der Waals surface area contributed by atoms with Crippen LogP contribution in [-0.2, 0) is 0 Å². The number of nitrogens with one attached hydrogen (secondary N) is 2. The van der Waals surface area contributed by atoms with Gasteiger partial charge in [-0.25, -0.2) is 13.8 Å². The number of nitrogen functional groups attached to an aromatic ring is 1. The van der Waals surface area contributed by atoms with Gasteiger partial charge < -0.3 is 21.3 Å². The Bertz CT molecular complexity index is 2190. The van der Waals surface area contributed by atoms with E-state index in [2.05, 4.69) is 45.4 Å². The van der Waals surface area contributed by atoms with Crippen LogP contribution in [0.1, 0.15) is 53.4 Å². The molecule has 0 radical (unpaired) electrons. The molecule has 9 nitrogen and oxygen atoms in total. The molecule has 4 N–H and O–H groups in total. The Morgan fingerprint density at radius 2 is 1.84 bits per heavy atom. The van der Waals surface area contributed by atoms with E-state index in [4.69, 9.17) is 5.73 Å². The van der Waals surface area contributed by atoms with Gasteiger partial charge >= 0.3 is 0 Å². The zero-order chi connectivity index (χ0) is 35.1. The van der Waals surface area contributed by atoms with Crippen LogP contribution in [0.25, 0.3) is 28.0 Å². The number of carbonyl (C=O) groups is 1. The summed E-state index contributed by atoms with van der Waals surface area (Å²) in [7, 11) is 0. The topological polar surface area (TPSA) is 129 Å². The van der Waals surface area contributed by atoms with Crippen LogP contribution >= 0.6 is 0 Å². The van der Waals surface area contributed by atoms with Crippen LogP contribution in [0.5, 0.6) is 0 Å². The van der Waals surface area contributed by atoms with E-state index in [0.29, 0.717) is 29.1 Å². The van der Waals surface area contributed by atoms with Gasteiger partial charge in [-0.15, -0.1) is 0 Å². The normalized spacial score (nSPS) is 18.4. The number of halogens is 2. The van der Waals surface area contributed by atoms with Gasteiger partial charge in [0.05, 0.1) is 5.69 Å². The lowest BCUT2D eigenvalue weighted by Crippen LogP contribution is -2.42. The maximum absolute atomic E-state index is 15.8. The van der Waals surface area contributed by atoms with Crippen molar-refractivity contribution in [3.63, 3.8) is 0 Å². The maximum atomic E-state index is 15.8. The molecule has 2 fully saturated rings. The van der Waals surface area contributed by atoms with Crippen LogP contribution in [0.2, 0.25) is 0 Å². The molecule has 4 aromatic rings. The van der Waals surface area contributed by atoms with Gasteiger partial charge in [-0.05, 0) is 111 Å². The average Bonchev–Trinajstić information content (AvgIpc) is 3.90. The number of rotatable bonds is 7. The number of nitrogens with zero attached hydrogens (tertiary/aromatic N) is 4. The highest BCUT2D eigenvalue weighted by Gasteiger charge is 2.42. The van der Waals surface area contributed by atoms with E-state index in [1.807, 2.05) is 12.1 Å². The highest BCUT2D eigenvalue weighted by atomic mass is 19.1. The van der Waals surface area contributed by atoms with E-state index < -0.39 is 23.1 Å². The Balaban J connectivity index is 1.18. The minimum Gasteiger partial charge on any atom is -0.383 e. The second kappa shape index (κ2) is 13.2. The van der Waals surface area contributed by atoms with Crippen molar-refractivity contribution in [1.82, 2.24) is 19.8 Å². The van der Waals surface area contributed by atoms with Gasteiger partial charge in [0.25, 0.3) is 11.5 Å². The number of nitriles is 1. The van der Waals surface area contributed by atoms with E-state index in [1.54, 1.807) is 13.1 Å². The molecule has 1 unspecified atom stereocenters. The zero-order valence-corrected chi connectivity index (χ0v) is 27.4. The van der Waals surface area contributed by atoms with Crippen molar-refractivity contribution in [2.24, 2.45) is 5.92 Å². The fraction of sp³-hybridized carbons (Fsp3) is 0.231. The number of anilines is 2. The number of fused-ring (bicyclic) bond motifs is 1. The monoisotopic (exact) mass is 671 g/mol. The molecule has 0 spiro atoms. The summed E-state index contributed by atoms with van der Waals surface area (Å²) in [4.78, 5) is 34.0. The second-order valence-electron chi connectivity index (χ2n) is 13.0. The Hall–Kier alpha value is -5.86. The number of pyridine rings is 2. The lowest BCUT2D eigenvalue weighted by atomic mass is 9.99. The minimum atomic E-state index is -0.823.